The van der Waals surface area contributed by atoms with Crippen molar-refractivity contribution in [1.29, 1.82) is 0 Å². The van der Waals surface area contributed by atoms with Gasteiger partial charge in [-0.15, -0.1) is 11.3 Å². The molecular weight excluding hydrogens is 246 g/mol. The molecule has 0 amide bonds. The summed E-state index contributed by atoms with van der Waals surface area (Å²) in [6.07, 6.45) is 0. The number of nitrogen functional groups attached to an aromatic ring is 1. The van der Waals surface area contributed by atoms with Crippen LogP contribution in [0.4, 0.5) is 5.69 Å². The summed E-state index contributed by atoms with van der Waals surface area (Å²) in [6.45, 7) is 4.07. The molecule has 0 aliphatic carbocycles. The number of ether oxygens (including phenoxy) is 1. The van der Waals surface area contributed by atoms with E-state index < -0.39 is 0 Å². The van der Waals surface area contributed by atoms with Crippen LogP contribution in [0.5, 0.6) is 0 Å². The van der Waals surface area contributed by atoms with Gasteiger partial charge in [-0.1, -0.05) is 30.3 Å². The zero-order valence-corrected chi connectivity index (χ0v) is 11.2. The Labute approximate surface area is 110 Å². The molecule has 0 bridgehead atoms. The number of esters is 1. The van der Waals surface area contributed by atoms with E-state index in [1.54, 1.807) is 6.92 Å². The number of rotatable bonds is 3. The molecule has 1 heterocycles. The number of hydrogen-bond acceptors (Lipinski definition) is 4. The molecule has 0 atom stereocenters. The standard InChI is InChI=1S/C14H15NO2S/c1-3-17-14(16)13-11(15)9(2)12(18-13)10-7-5-4-6-8-10/h4-8H,3,15H2,1-2H3. The van der Waals surface area contributed by atoms with Crippen LogP contribution in [0.2, 0.25) is 0 Å². The molecule has 18 heavy (non-hydrogen) atoms. The summed E-state index contributed by atoms with van der Waals surface area (Å²) in [5.74, 6) is -0.342. The highest BCUT2D eigenvalue weighted by Crippen LogP contribution is 2.38. The van der Waals surface area contributed by atoms with Crippen molar-refractivity contribution in [2.75, 3.05) is 12.3 Å². The highest BCUT2D eigenvalue weighted by molar-refractivity contribution is 7.18. The fourth-order valence-electron chi connectivity index (χ4n) is 1.74. The van der Waals surface area contributed by atoms with Crippen molar-refractivity contribution >= 4 is 23.0 Å². The minimum atomic E-state index is -0.342. The van der Waals surface area contributed by atoms with E-state index in [1.165, 1.54) is 11.3 Å². The Morgan fingerprint density at radius 2 is 2.00 bits per heavy atom. The van der Waals surface area contributed by atoms with Gasteiger partial charge in [0.05, 0.1) is 12.3 Å². The normalized spacial score (nSPS) is 10.3. The van der Waals surface area contributed by atoms with E-state index in [2.05, 4.69) is 0 Å². The zero-order chi connectivity index (χ0) is 13.1. The minimum absolute atomic E-state index is 0.342. The second-order valence-corrected chi connectivity index (χ2v) is 4.91. The second-order valence-electron chi connectivity index (χ2n) is 3.89. The molecule has 4 heteroatoms. The van der Waals surface area contributed by atoms with Crippen LogP contribution in [0.15, 0.2) is 30.3 Å². The molecule has 2 rings (SSSR count). The fourth-order valence-corrected chi connectivity index (χ4v) is 2.87. The molecule has 0 unspecified atom stereocenters. The number of carbonyl (C=O) groups is 1. The average molecular weight is 261 g/mol. The number of thiophene rings is 1. The second kappa shape index (κ2) is 5.23. The van der Waals surface area contributed by atoms with E-state index >= 15 is 0 Å². The Balaban J connectivity index is 2.46. The Bertz CT molecular complexity index is 561. The van der Waals surface area contributed by atoms with Gasteiger partial charge >= 0.3 is 5.97 Å². The van der Waals surface area contributed by atoms with Gasteiger partial charge in [0.1, 0.15) is 4.88 Å². The number of nitrogens with two attached hydrogens (primary N) is 1. The lowest BCUT2D eigenvalue weighted by molar-refractivity contribution is 0.0533. The molecule has 0 aliphatic rings. The van der Waals surface area contributed by atoms with Crippen molar-refractivity contribution < 1.29 is 9.53 Å². The summed E-state index contributed by atoms with van der Waals surface area (Å²) < 4.78 is 5.00. The summed E-state index contributed by atoms with van der Waals surface area (Å²) in [5.41, 5.74) is 8.52. The average Bonchev–Trinajstić information content (AvgIpc) is 2.68. The molecule has 3 nitrogen and oxygen atoms in total. The van der Waals surface area contributed by atoms with Crippen molar-refractivity contribution in [3.63, 3.8) is 0 Å². The Morgan fingerprint density at radius 1 is 1.33 bits per heavy atom. The maximum absolute atomic E-state index is 11.8. The van der Waals surface area contributed by atoms with Crippen molar-refractivity contribution in [2.24, 2.45) is 0 Å². The fraction of sp³-hybridized carbons (Fsp3) is 0.214. The molecular formula is C14H15NO2S. The molecule has 1 aromatic carbocycles. The Hall–Kier alpha value is -1.81. The van der Waals surface area contributed by atoms with Crippen molar-refractivity contribution in [3.05, 3.63) is 40.8 Å². The molecule has 2 aromatic rings. The van der Waals surface area contributed by atoms with Gasteiger partial charge in [-0.05, 0) is 25.0 Å². The zero-order valence-electron chi connectivity index (χ0n) is 10.4. The predicted octanol–water partition coefficient (Wildman–Crippen LogP) is 3.48. The van der Waals surface area contributed by atoms with Gasteiger partial charge < -0.3 is 10.5 Å². The topological polar surface area (TPSA) is 52.3 Å². The number of anilines is 1. The molecule has 94 valence electrons. The van der Waals surface area contributed by atoms with Gasteiger partial charge in [0, 0.05) is 4.88 Å². The maximum Gasteiger partial charge on any atom is 0.350 e. The third-order valence-electron chi connectivity index (χ3n) is 2.69. The van der Waals surface area contributed by atoms with Gasteiger partial charge in [-0.2, -0.15) is 0 Å². The molecule has 0 saturated carbocycles. The van der Waals surface area contributed by atoms with Crippen LogP contribution < -0.4 is 5.73 Å². The summed E-state index contributed by atoms with van der Waals surface area (Å²) in [7, 11) is 0. The SMILES string of the molecule is CCOC(=O)c1sc(-c2ccccc2)c(C)c1N. The van der Waals surface area contributed by atoms with Crippen molar-refractivity contribution in [3.8, 4) is 10.4 Å². The summed E-state index contributed by atoms with van der Waals surface area (Å²) in [5, 5.41) is 0. The molecule has 0 radical (unpaired) electrons. The Kier molecular flexibility index (Phi) is 3.67. The van der Waals surface area contributed by atoms with E-state index in [0.29, 0.717) is 17.2 Å². The van der Waals surface area contributed by atoms with Crippen LogP contribution in [-0.2, 0) is 4.74 Å². The lowest BCUT2D eigenvalue weighted by Crippen LogP contribution is -2.05. The first kappa shape index (κ1) is 12.6. The first-order valence-corrected chi connectivity index (χ1v) is 6.58. The molecule has 1 aromatic heterocycles. The van der Waals surface area contributed by atoms with Crippen LogP contribution >= 0.6 is 11.3 Å². The van der Waals surface area contributed by atoms with Crippen LogP contribution in [0.1, 0.15) is 22.2 Å². The minimum Gasteiger partial charge on any atom is -0.462 e. The van der Waals surface area contributed by atoms with Gasteiger partial charge in [0.25, 0.3) is 0 Å². The maximum atomic E-state index is 11.8. The van der Waals surface area contributed by atoms with Gasteiger partial charge in [0.2, 0.25) is 0 Å². The molecule has 0 spiro atoms. The van der Waals surface area contributed by atoms with Gasteiger partial charge in [0.15, 0.2) is 0 Å². The van der Waals surface area contributed by atoms with E-state index in [4.69, 9.17) is 10.5 Å². The smallest absolute Gasteiger partial charge is 0.350 e. The van der Waals surface area contributed by atoms with Crippen LogP contribution in [0.3, 0.4) is 0 Å². The molecule has 0 aliphatic heterocycles. The number of carbonyl (C=O) groups excluding carboxylic acids is 1. The summed E-state index contributed by atoms with van der Waals surface area (Å²) in [4.78, 5) is 13.3. The lowest BCUT2D eigenvalue weighted by Gasteiger charge is -1.99. The van der Waals surface area contributed by atoms with Crippen LogP contribution in [0, 0.1) is 6.92 Å². The molecule has 0 saturated heterocycles. The quantitative estimate of drug-likeness (QED) is 0.860. The van der Waals surface area contributed by atoms with Gasteiger partial charge in [-0.25, -0.2) is 4.79 Å². The van der Waals surface area contributed by atoms with E-state index in [0.717, 1.165) is 16.0 Å². The Morgan fingerprint density at radius 3 is 2.61 bits per heavy atom. The van der Waals surface area contributed by atoms with Crippen LogP contribution in [-0.4, -0.2) is 12.6 Å². The van der Waals surface area contributed by atoms with Crippen LogP contribution in [0.25, 0.3) is 10.4 Å². The largest absolute Gasteiger partial charge is 0.462 e. The highest BCUT2D eigenvalue weighted by Gasteiger charge is 2.19. The highest BCUT2D eigenvalue weighted by atomic mass is 32.1. The third-order valence-corrected chi connectivity index (χ3v) is 4.03. The summed E-state index contributed by atoms with van der Waals surface area (Å²) in [6, 6.07) is 9.91. The van der Waals surface area contributed by atoms with E-state index in [-0.39, 0.29) is 5.97 Å². The monoisotopic (exact) mass is 261 g/mol. The molecule has 2 N–H and O–H groups in total. The molecule has 0 fully saturated rings. The predicted molar refractivity (Wildman–Crippen MR) is 74.9 cm³/mol. The van der Waals surface area contributed by atoms with Crippen molar-refractivity contribution in [1.82, 2.24) is 0 Å². The van der Waals surface area contributed by atoms with E-state index in [1.807, 2.05) is 37.3 Å². The number of benzene rings is 1. The van der Waals surface area contributed by atoms with Crippen molar-refractivity contribution in [2.45, 2.75) is 13.8 Å². The lowest BCUT2D eigenvalue weighted by atomic mass is 10.1. The number of hydrogen-bond donors (Lipinski definition) is 1. The van der Waals surface area contributed by atoms with Gasteiger partial charge in [-0.3, -0.25) is 0 Å². The first-order valence-electron chi connectivity index (χ1n) is 5.76. The van der Waals surface area contributed by atoms with E-state index in [9.17, 15) is 4.79 Å². The first-order chi connectivity index (χ1) is 8.65. The summed E-state index contributed by atoms with van der Waals surface area (Å²) >= 11 is 1.39. The third kappa shape index (κ3) is 2.24.